The van der Waals surface area contributed by atoms with Gasteiger partial charge in [-0.3, -0.25) is 9.59 Å². The first-order valence-electron chi connectivity index (χ1n) is 33.9. The molecule has 7 unspecified atom stereocenters. The Morgan fingerprint density at radius 2 is 0.854 bits per heavy atom. The maximum absolute atomic E-state index is 13.1. The van der Waals surface area contributed by atoms with E-state index < -0.39 is 49.5 Å². The van der Waals surface area contributed by atoms with Crippen molar-refractivity contribution in [2.24, 2.45) is 0 Å². The molecular weight excluding hydrogens is 1030 g/mol. The number of aliphatic hydroxyl groups is 5. The Hall–Kier alpha value is -3.16. The van der Waals surface area contributed by atoms with Crippen molar-refractivity contribution in [3.8, 4) is 0 Å². The van der Waals surface area contributed by atoms with E-state index in [0.717, 1.165) is 103 Å². The average molecular weight is 1150 g/mol. The topological polar surface area (TPSA) is 175 Å². The second-order valence-corrected chi connectivity index (χ2v) is 23.1. The molecule has 0 aromatic carbocycles. The van der Waals surface area contributed by atoms with Crippen LogP contribution in [0, 0.1) is 0 Å². The second-order valence-electron chi connectivity index (χ2n) is 23.1. The number of amides is 1. The molecule has 1 aliphatic heterocycles. The number of hydrogen-bond donors (Lipinski definition) is 6. The lowest BCUT2D eigenvalue weighted by Crippen LogP contribution is -2.60. The van der Waals surface area contributed by atoms with Gasteiger partial charge in [-0.1, -0.05) is 247 Å². The van der Waals surface area contributed by atoms with Crippen molar-refractivity contribution >= 4 is 11.9 Å². The SMILES string of the molecule is CCC/C=C\C/C=C\CCCCCCCC(=O)OCCCCCCCCCCC/C=C\C/C=C\CCCCCCCCCCCCCC(=O)NC(COC1OC(CO)C(O)C(O)C1O)C(O)/C=C/CC/C=C/CC/C=C/CCCCCC. The average Bonchev–Trinajstić information content (AvgIpc) is 3.51. The number of carbonyl (C=O) groups excluding carboxylic acids is 2. The van der Waals surface area contributed by atoms with Gasteiger partial charge in [-0.25, -0.2) is 0 Å². The minimum atomic E-state index is -1.58. The molecule has 1 aliphatic rings. The highest BCUT2D eigenvalue weighted by Gasteiger charge is 2.44. The highest BCUT2D eigenvalue weighted by Crippen LogP contribution is 2.23. The maximum Gasteiger partial charge on any atom is 0.305 e. The summed E-state index contributed by atoms with van der Waals surface area (Å²) in [6, 6.07) is -0.839. The van der Waals surface area contributed by atoms with Crippen LogP contribution in [-0.4, -0.2) is 100 Å². The van der Waals surface area contributed by atoms with E-state index in [1.807, 2.05) is 6.08 Å². The number of rotatable bonds is 58. The van der Waals surface area contributed by atoms with Gasteiger partial charge in [-0.2, -0.15) is 0 Å². The van der Waals surface area contributed by atoms with Crippen LogP contribution in [-0.2, 0) is 23.8 Å². The molecule has 0 saturated carbocycles. The molecule has 7 atom stereocenters. The third-order valence-electron chi connectivity index (χ3n) is 15.4. The second kappa shape index (κ2) is 59.6. The van der Waals surface area contributed by atoms with Gasteiger partial charge in [-0.15, -0.1) is 0 Å². The quantitative estimate of drug-likeness (QED) is 0.0195. The van der Waals surface area contributed by atoms with Crippen molar-refractivity contribution in [2.75, 3.05) is 19.8 Å². The molecule has 474 valence electrons. The lowest BCUT2D eigenvalue weighted by Gasteiger charge is -2.40. The van der Waals surface area contributed by atoms with E-state index in [-0.39, 0.29) is 18.5 Å². The van der Waals surface area contributed by atoms with Crippen LogP contribution in [0.3, 0.4) is 0 Å². The van der Waals surface area contributed by atoms with Crippen LogP contribution in [0.25, 0.3) is 0 Å². The van der Waals surface area contributed by atoms with E-state index in [1.165, 1.54) is 161 Å². The van der Waals surface area contributed by atoms with E-state index in [0.29, 0.717) is 19.4 Å². The number of esters is 1. The van der Waals surface area contributed by atoms with Crippen LogP contribution in [0.5, 0.6) is 0 Å². The molecule has 0 aliphatic carbocycles. The Bertz CT molecular complexity index is 1640. The molecule has 0 radical (unpaired) electrons. The lowest BCUT2D eigenvalue weighted by molar-refractivity contribution is -0.302. The zero-order valence-corrected chi connectivity index (χ0v) is 52.4. The maximum atomic E-state index is 13.1. The summed E-state index contributed by atoms with van der Waals surface area (Å²) in [5.41, 5.74) is 0. The molecule has 6 N–H and O–H groups in total. The summed E-state index contributed by atoms with van der Waals surface area (Å²) >= 11 is 0. The molecule has 11 heteroatoms. The molecule has 1 rings (SSSR count). The molecule has 0 bridgehead atoms. The van der Waals surface area contributed by atoms with Gasteiger partial charge in [0.15, 0.2) is 6.29 Å². The molecule has 0 spiro atoms. The summed E-state index contributed by atoms with van der Waals surface area (Å²) in [4.78, 5) is 25.1. The van der Waals surface area contributed by atoms with Gasteiger partial charge >= 0.3 is 5.97 Å². The van der Waals surface area contributed by atoms with Gasteiger partial charge in [0, 0.05) is 12.8 Å². The smallest absolute Gasteiger partial charge is 0.305 e. The molecule has 0 aromatic rings. The van der Waals surface area contributed by atoms with Crippen molar-refractivity contribution in [1.82, 2.24) is 5.32 Å². The molecule has 0 aromatic heterocycles. The molecule has 1 fully saturated rings. The molecule has 1 saturated heterocycles. The van der Waals surface area contributed by atoms with Crippen LogP contribution in [0.4, 0.5) is 0 Å². The van der Waals surface area contributed by atoms with Crippen molar-refractivity contribution in [2.45, 2.75) is 333 Å². The molecular formula is C71H125NO10. The lowest BCUT2D eigenvalue weighted by atomic mass is 9.99. The Balaban J connectivity index is 2.04. The van der Waals surface area contributed by atoms with Crippen LogP contribution in [0.1, 0.15) is 290 Å². The first kappa shape index (κ1) is 76.9. The predicted molar refractivity (Wildman–Crippen MR) is 342 cm³/mol. The van der Waals surface area contributed by atoms with E-state index in [9.17, 15) is 35.1 Å². The van der Waals surface area contributed by atoms with Crippen LogP contribution < -0.4 is 5.32 Å². The highest BCUT2D eigenvalue weighted by molar-refractivity contribution is 5.76. The zero-order valence-electron chi connectivity index (χ0n) is 52.4. The highest BCUT2D eigenvalue weighted by atomic mass is 16.7. The Morgan fingerprint density at radius 3 is 1.33 bits per heavy atom. The third-order valence-corrected chi connectivity index (χ3v) is 15.4. The number of allylic oxidation sites excluding steroid dienone is 13. The van der Waals surface area contributed by atoms with Crippen molar-refractivity contribution in [3.63, 3.8) is 0 Å². The van der Waals surface area contributed by atoms with Crippen LogP contribution >= 0.6 is 0 Å². The monoisotopic (exact) mass is 1150 g/mol. The minimum absolute atomic E-state index is 0.0158. The molecule has 82 heavy (non-hydrogen) atoms. The van der Waals surface area contributed by atoms with Crippen molar-refractivity contribution < 1.29 is 49.3 Å². The zero-order chi connectivity index (χ0) is 59.5. The van der Waals surface area contributed by atoms with E-state index in [1.54, 1.807) is 6.08 Å². The van der Waals surface area contributed by atoms with E-state index in [2.05, 4.69) is 92.1 Å². The number of ether oxygens (including phenoxy) is 3. The summed E-state index contributed by atoms with van der Waals surface area (Å²) in [5, 5.41) is 54.4. The van der Waals surface area contributed by atoms with E-state index in [4.69, 9.17) is 14.2 Å². The third kappa shape index (κ3) is 48.1. The summed E-state index contributed by atoms with van der Waals surface area (Å²) in [6.07, 6.45) is 71.2. The van der Waals surface area contributed by atoms with Gasteiger partial charge < -0.3 is 45.1 Å². The minimum Gasteiger partial charge on any atom is -0.466 e. The molecule has 11 nitrogen and oxygen atoms in total. The Morgan fingerprint density at radius 1 is 0.451 bits per heavy atom. The number of carbonyl (C=O) groups is 2. The fourth-order valence-corrected chi connectivity index (χ4v) is 10.1. The van der Waals surface area contributed by atoms with Gasteiger partial charge in [0.1, 0.15) is 24.4 Å². The Labute approximate surface area is 502 Å². The molecule has 1 amide bonds. The summed E-state index contributed by atoms with van der Waals surface area (Å²) in [6.45, 7) is 4.23. The number of nitrogens with one attached hydrogen (secondary N) is 1. The van der Waals surface area contributed by atoms with Crippen LogP contribution in [0.2, 0.25) is 0 Å². The standard InChI is InChI=1S/C71H125NO10/c1-3-5-7-9-11-13-15-17-34-37-41-45-49-53-57-64(74)63(62-81-71-70(79)69(78)68(77)65(61-73)82-71)72-66(75)58-54-50-46-42-38-35-31-29-27-25-23-21-19-18-20-22-24-26-28-30-32-36-40-44-48-52-56-60-80-67(76)59-55-51-47-43-39-33-16-14-12-10-8-6-4-2/h8,10,13-16,18-19,22,24,37,41,53,57,63-65,68-71,73-74,77-79H,3-7,9,11-12,17,20-21,23,25-36,38-40,42-52,54-56,58-62H2,1-2H3,(H,72,75)/b10-8-,15-13+,16-14-,19-18-,24-22-,41-37+,57-53+. The van der Waals surface area contributed by atoms with Crippen molar-refractivity contribution in [1.29, 1.82) is 0 Å². The first-order chi connectivity index (χ1) is 40.2. The van der Waals surface area contributed by atoms with Gasteiger partial charge in [0.2, 0.25) is 5.91 Å². The summed E-state index contributed by atoms with van der Waals surface area (Å²) in [7, 11) is 0. The summed E-state index contributed by atoms with van der Waals surface area (Å²) in [5.74, 6) is -0.216. The van der Waals surface area contributed by atoms with Crippen molar-refractivity contribution in [3.05, 3.63) is 85.1 Å². The van der Waals surface area contributed by atoms with Gasteiger partial charge in [0.25, 0.3) is 0 Å². The fraction of sp³-hybridized carbons (Fsp3) is 0.775. The number of aliphatic hydroxyl groups excluding tert-OH is 5. The Kier molecular flexibility index (Phi) is 55.8. The first-order valence-corrected chi connectivity index (χ1v) is 33.9. The number of unbranched alkanes of at least 4 members (excludes halogenated alkanes) is 32. The van der Waals surface area contributed by atoms with Crippen LogP contribution in [0.15, 0.2) is 85.1 Å². The fourth-order valence-electron chi connectivity index (χ4n) is 10.1. The largest absolute Gasteiger partial charge is 0.466 e. The molecule has 1 heterocycles. The van der Waals surface area contributed by atoms with Gasteiger partial charge in [0.05, 0.1) is 32.0 Å². The summed E-state index contributed by atoms with van der Waals surface area (Å²) < 4.78 is 16.7. The predicted octanol–water partition coefficient (Wildman–Crippen LogP) is 16.9. The number of hydrogen-bond acceptors (Lipinski definition) is 10. The van der Waals surface area contributed by atoms with E-state index >= 15 is 0 Å². The normalized spacial score (nSPS) is 18.7. The van der Waals surface area contributed by atoms with Gasteiger partial charge in [-0.05, 0) is 116 Å².